The molecule has 0 aromatic heterocycles. The van der Waals surface area contributed by atoms with E-state index in [2.05, 4.69) is 4.74 Å². The number of rotatable bonds is 2. The van der Waals surface area contributed by atoms with Crippen molar-refractivity contribution in [3.05, 3.63) is 17.4 Å². The maximum atomic E-state index is 13.5. The van der Waals surface area contributed by atoms with Crippen LogP contribution in [0.5, 0.6) is 17.2 Å². The fraction of sp³-hybridized carbons (Fsp3) is 0.222. The fourth-order valence-electron chi connectivity index (χ4n) is 1.53. The fourth-order valence-corrected chi connectivity index (χ4v) is 1.53. The zero-order valence-electron chi connectivity index (χ0n) is 9.73. The van der Waals surface area contributed by atoms with Crippen LogP contribution in [0.1, 0.15) is 10.4 Å². The van der Waals surface area contributed by atoms with Crippen molar-refractivity contribution in [1.29, 1.82) is 0 Å². The van der Waals surface area contributed by atoms with Crippen LogP contribution in [0, 0.1) is 5.82 Å². The van der Waals surface area contributed by atoms with Crippen molar-refractivity contribution in [1.82, 2.24) is 0 Å². The number of carbonyl (C=O) groups is 1. The number of ether oxygens (including phenoxy) is 2. The monoisotopic (exact) mass is 264 g/mol. The van der Waals surface area contributed by atoms with Crippen molar-refractivity contribution in [2.24, 2.45) is 0 Å². The van der Waals surface area contributed by atoms with Crippen LogP contribution >= 0.6 is 0 Å². The first kappa shape index (κ1) is 15.1. The van der Waals surface area contributed by atoms with Gasteiger partial charge in [0.2, 0.25) is 0 Å². The molecule has 0 radical (unpaired) electrons. The molecule has 0 amide bonds. The van der Waals surface area contributed by atoms with E-state index < -0.39 is 30.2 Å². The minimum absolute atomic E-state index is 0. The standard InChI is InChI=1S/C9H8BFO6.Na/c1-15-7-4(11)2-5-8(6(7)9(12)13)17-10(14)3-16-5;/h2,14H,3H2,1H3,(H,12,13);/q;+1/p-1. The largest absolute Gasteiger partial charge is 1.00 e. The number of aromatic carboxylic acids is 1. The summed E-state index contributed by atoms with van der Waals surface area (Å²) >= 11 is 0. The van der Waals surface area contributed by atoms with Crippen LogP contribution in [-0.4, -0.2) is 31.7 Å². The van der Waals surface area contributed by atoms with Gasteiger partial charge in [0.05, 0.1) is 18.6 Å². The summed E-state index contributed by atoms with van der Waals surface area (Å²) in [6, 6.07) is 0.923. The number of halogens is 1. The van der Waals surface area contributed by atoms with E-state index in [1.165, 1.54) is 0 Å². The van der Waals surface area contributed by atoms with Crippen molar-refractivity contribution in [3.63, 3.8) is 0 Å². The molecule has 9 heteroatoms. The van der Waals surface area contributed by atoms with Crippen molar-refractivity contribution in [2.45, 2.75) is 0 Å². The molecule has 18 heavy (non-hydrogen) atoms. The van der Waals surface area contributed by atoms with Crippen LogP contribution in [-0.2, 0) is 0 Å². The summed E-state index contributed by atoms with van der Waals surface area (Å²) in [5, 5.41) is 20.1. The molecular formula is C9H7BFNaO6. The number of carboxylic acid groups (broad SMARTS) is 1. The molecule has 1 aliphatic rings. The third-order valence-electron chi connectivity index (χ3n) is 2.20. The Kier molecular flexibility index (Phi) is 4.86. The number of carbonyl (C=O) groups excluding carboxylic acids is 1. The molecular weight excluding hydrogens is 257 g/mol. The van der Waals surface area contributed by atoms with Crippen LogP contribution in [0.4, 0.5) is 4.39 Å². The first-order chi connectivity index (χ1) is 8.04. The second-order valence-corrected chi connectivity index (χ2v) is 3.26. The zero-order chi connectivity index (χ0) is 12.6. The van der Waals surface area contributed by atoms with Gasteiger partial charge in [-0.3, -0.25) is 0 Å². The quantitative estimate of drug-likeness (QED) is 0.547. The summed E-state index contributed by atoms with van der Waals surface area (Å²) in [5.74, 6) is -3.54. The zero-order valence-corrected chi connectivity index (χ0v) is 11.7. The molecule has 1 heterocycles. The first-order valence-electron chi connectivity index (χ1n) is 4.64. The van der Waals surface area contributed by atoms with Gasteiger partial charge in [0.1, 0.15) is 6.51 Å². The minimum Gasteiger partial charge on any atom is -0.545 e. The van der Waals surface area contributed by atoms with Gasteiger partial charge in [0, 0.05) is 6.07 Å². The third kappa shape index (κ3) is 2.56. The summed E-state index contributed by atoms with van der Waals surface area (Å²) in [4.78, 5) is 10.9. The van der Waals surface area contributed by atoms with Gasteiger partial charge in [0.25, 0.3) is 0 Å². The average molecular weight is 264 g/mol. The molecule has 1 aliphatic heterocycles. The minimum atomic E-state index is -1.68. The molecule has 90 valence electrons. The Labute approximate surface area is 124 Å². The first-order valence-corrected chi connectivity index (χ1v) is 4.64. The van der Waals surface area contributed by atoms with Crippen molar-refractivity contribution < 1.29 is 63.0 Å². The van der Waals surface area contributed by atoms with E-state index in [0.717, 1.165) is 13.2 Å². The number of carboxylic acids is 1. The van der Waals surface area contributed by atoms with E-state index in [0.29, 0.717) is 0 Å². The second-order valence-electron chi connectivity index (χ2n) is 3.26. The number of hydrogen-bond acceptors (Lipinski definition) is 6. The van der Waals surface area contributed by atoms with E-state index in [4.69, 9.17) is 9.39 Å². The molecule has 0 unspecified atom stereocenters. The van der Waals surface area contributed by atoms with Crippen LogP contribution < -0.4 is 48.8 Å². The Morgan fingerprint density at radius 2 is 2.33 bits per heavy atom. The molecule has 0 aliphatic carbocycles. The van der Waals surface area contributed by atoms with Gasteiger partial charge in [-0.15, -0.1) is 0 Å². The Morgan fingerprint density at radius 1 is 1.67 bits per heavy atom. The van der Waals surface area contributed by atoms with Gasteiger partial charge in [-0.25, -0.2) is 4.39 Å². The molecule has 0 saturated heterocycles. The molecule has 1 aromatic rings. The summed E-state index contributed by atoms with van der Waals surface area (Å²) in [6.07, 6.45) is 0. The predicted molar refractivity (Wildman–Crippen MR) is 51.4 cm³/mol. The summed E-state index contributed by atoms with van der Waals surface area (Å²) in [5.41, 5.74) is -0.624. The SMILES string of the molecule is COc1c(F)cc2c(c1C(=O)[O-])OB(O)CO2.[Na+]. The maximum absolute atomic E-state index is 13.5. The Morgan fingerprint density at radius 3 is 2.89 bits per heavy atom. The number of fused-ring (bicyclic) bond motifs is 1. The molecule has 0 bridgehead atoms. The van der Waals surface area contributed by atoms with E-state index in [1.807, 2.05) is 0 Å². The number of methoxy groups -OCH3 is 1. The molecule has 1 N–H and O–H groups in total. The van der Waals surface area contributed by atoms with Crippen molar-refractivity contribution >= 4 is 13.1 Å². The van der Waals surface area contributed by atoms with Crippen LogP contribution in [0.15, 0.2) is 6.07 Å². The molecule has 0 spiro atoms. The second kappa shape index (κ2) is 5.79. The Bertz CT molecular complexity index is 483. The topological polar surface area (TPSA) is 88.1 Å². The van der Waals surface area contributed by atoms with E-state index in [-0.39, 0.29) is 47.6 Å². The smallest absolute Gasteiger partial charge is 0.545 e. The van der Waals surface area contributed by atoms with E-state index >= 15 is 0 Å². The Balaban J connectivity index is 0.00000162. The van der Waals surface area contributed by atoms with E-state index in [9.17, 15) is 19.3 Å². The Hall–Kier alpha value is -0.955. The molecule has 2 rings (SSSR count). The van der Waals surface area contributed by atoms with Gasteiger partial charge in [0.15, 0.2) is 23.1 Å². The van der Waals surface area contributed by atoms with Gasteiger partial charge < -0.3 is 29.1 Å². The molecule has 0 saturated carbocycles. The van der Waals surface area contributed by atoms with Crippen LogP contribution in [0.2, 0.25) is 0 Å². The van der Waals surface area contributed by atoms with Crippen molar-refractivity contribution in [2.75, 3.05) is 13.6 Å². The number of benzene rings is 1. The van der Waals surface area contributed by atoms with Gasteiger partial charge in [-0.1, -0.05) is 0 Å². The van der Waals surface area contributed by atoms with Gasteiger partial charge >= 0.3 is 36.7 Å². The molecule has 6 nitrogen and oxygen atoms in total. The summed E-state index contributed by atoms with van der Waals surface area (Å²) in [6.45, 7) is -0.217. The normalized spacial score (nSPS) is 12.7. The van der Waals surface area contributed by atoms with Crippen LogP contribution in [0.25, 0.3) is 0 Å². The average Bonchev–Trinajstić information content (AvgIpc) is 2.27. The third-order valence-corrected chi connectivity index (χ3v) is 2.20. The summed E-state index contributed by atoms with van der Waals surface area (Å²) in [7, 11) is -0.215. The molecule has 0 fully saturated rings. The molecule has 0 atom stereocenters. The van der Waals surface area contributed by atoms with E-state index in [1.54, 1.807) is 0 Å². The maximum Gasteiger partial charge on any atom is 1.00 e. The summed E-state index contributed by atoms with van der Waals surface area (Å²) < 4.78 is 27.9. The van der Waals surface area contributed by atoms with Gasteiger partial charge in [-0.2, -0.15) is 0 Å². The number of hydrogen-bond donors (Lipinski definition) is 1. The van der Waals surface area contributed by atoms with Gasteiger partial charge in [-0.05, 0) is 0 Å². The predicted octanol–water partition coefficient (Wildman–Crippen LogP) is -4.01. The van der Waals surface area contributed by atoms with Crippen LogP contribution in [0.3, 0.4) is 0 Å². The van der Waals surface area contributed by atoms with Crippen molar-refractivity contribution in [3.8, 4) is 17.2 Å². The molecule has 1 aromatic carbocycles.